The van der Waals surface area contributed by atoms with Crippen molar-refractivity contribution in [1.29, 1.82) is 0 Å². The van der Waals surface area contributed by atoms with Crippen LogP contribution in [0, 0.1) is 0 Å². The summed E-state index contributed by atoms with van der Waals surface area (Å²) >= 11 is 0. The number of hydrogen-bond donors (Lipinski definition) is 1. The number of benzene rings is 1. The number of rotatable bonds is 9. The minimum absolute atomic E-state index is 0.159. The maximum atomic E-state index is 12.2. The van der Waals surface area contributed by atoms with Crippen LogP contribution in [0.25, 0.3) is 0 Å². The Morgan fingerprint density at radius 1 is 1.16 bits per heavy atom. The molecule has 1 amide bonds. The van der Waals surface area contributed by atoms with E-state index in [1.165, 1.54) is 6.26 Å². The molecule has 0 unspecified atom stereocenters. The number of amides is 1. The first-order valence-electron chi connectivity index (χ1n) is 10.9. The third-order valence-electron chi connectivity index (χ3n) is 5.74. The summed E-state index contributed by atoms with van der Waals surface area (Å²) in [5.41, 5.74) is 1.47. The molecule has 3 heterocycles. The fourth-order valence-corrected chi connectivity index (χ4v) is 3.79. The molecular formula is C22H28N4O5. The summed E-state index contributed by atoms with van der Waals surface area (Å²) in [6, 6.07) is 6.32. The van der Waals surface area contributed by atoms with Gasteiger partial charge in [0, 0.05) is 38.8 Å². The summed E-state index contributed by atoms with van der Waals surface area (Å²) in [5.74, 6) is 1.94. The van der Waals surface area contributed by atoms with Crippen LogP contribution in [0.15, 0.2) is 28.9 Å². The maximum Gasteiger partial charge on any atom is 0.273 e. The van der Waals surface area contributed by atoms with E-state index in [4.69, 9.17) is 18.6 Å². The predicted octanol–water partition coefficient (Wildman–Crippen LogP) is 1.63. The Hall–Kier alpha value is -2.62. The lowest BCUT2D eigenvalue weighted by Crippen LogP contribution is -2.41. The van der Waals surface area contributed by atoms with Crippen molar-refractivity contribution < 1.29 is 23.4 Å². The molecule has 1 aromatic carbocycles. The first-order valence-corrected chi connectivity index (χ1v) is 10.9. The number of carbonyl (C=O) groups is 1. The highest BCUT2D eigenvalue weighted by molar-refractivity contribution is 5.92. The molecule has 31 heavy (non-hydrogen) atoms. The second-order valence-corrected chi connectivity index (χ2v) is 8.23. The molecule has 1 saturated carbocycles. The van der Waals surface area contributed by atoms with Gasteiger partial charge in [0.2, 0.25) is 12.7 Å². The van der Waals surface area contributed by atoms with Gasteiger partial charge < -0.3 is 23.9 Å². The monoisotopic (exact) mass is 428 g/mol. The zero-order valence-electron chi connectivity index (χ0n) is 17.5. The van der Waals surface area contributed by atoms with E-state index in [-0.39, 0.29) is 12.7 Å². The third-order valence-corrected chi connectivity index (χ3v) is 5.74. The van der Waals surface area contributed by atoms with E-state index in [0.29, 0.717) is 30.7 Å². The molecule has 1 aromatic heterocycles. The number of aromatic nitrogens is 1. The van der Waals surface area contributed by atoms with E-state index in [1.54, 1.807) is 0 Å². The SMILES string of the molecule is O=C(NC1CC1)c1coc(CN(CCN2CCOCC2)Cc2ccc3c(c2)OCO3)n1. The van der Waals surface area contributed by atoms with E-state index in [0.717, 1.165) is 69.3 Å². The van der Waals surface area contributed by atoms with Crippen LogP contribution in [0.3, 0.4) is 0 Å². The van der Waals surface area contributed by atoms with Gasteiger partial charge in [0.15, 0.2) is 17.2 Å². The van der Waals surface area contributed by atoms with Crippen molar-refractivity contribution in [3.05, 3.63) is 41.6 Å². The van der Waals surface area contributed by atoms with E-state index in [1.807, 2.05) is 12.1 Å². The molecule has 2 aliphatic heterocycles. The Labute approximate surface area is 181 Å². The van der Waals surface area contributed by atoms with Crippen LogP contribution in [0.4, 0.5) is 0 Å². The fourth-order valence-electron chi connectivity index (χ4n) is 3.79. The van der Waals surface area contributed by atoms with E-state index in [9.17, 15) is 4.79 Å². The molecule has 0 bridgehead atoms. The number of nitrogens with zero attached hydrogens (tertiary/aromatic N) is 3. The van der Waals surface area contributed by atoms with Crippen molar-refractivity contribution in [3.8, 4) is 11.5 Å². The highest BCUT2D eigenvalue weighted by Crippen LogP contribution is 2.33. The second-order valence-electron chi connectivity index (χ2n) is 8.23. The van der Waals surface area contributed by atoms with E-state index in [2.05, 4.69) is 26.2 Å². The number of hydrogen-bond acceptors (Lipinski definition) is 8. The summed E-state index contributed by atoms with van der Waals surface area (Å²) < 4.78 is 22.0. The highest BCUT2D eigenvalue weighted by atomic mass is 16.7. The van der Waals surface area contributed by atoms with Gasteiger partial charge in [0.05, 0.1) is 19.8 Å². The van der Waals surface area contributed by atoms with Crippen LogP contribution in [-0.2, 0) is 17.8 Å². The lowest BCUT2D eigenvalue weighted by Gasteiger charge is -2.29. The molecule has 1 aliphatic carbocycles. The molecule has 5 rings (SSSR count). The van der Waals surface area contributed by atoms with Crippen LogP contribution in [0.1, 0.15) is 34.8 Å². The number of oxazole rings is 1. The van der Waals surface area contributed by atoms with Crippen molar-refractivity contribution in [2.75, 3.05) is 46.2 Å². The van der Waals surface area contributed by atoms with Crippen molar-refractivity contribution in [2.45, 2.75) is 32.0 Å². The van der Waals surface area contributed by atoms with E-state index < -0.39 is 0 Å². The van der Waals surface area contributed by atoms with Gasteiger partial charge in [-0.15, -0.1) is 0 Å². The van der Waals surface area contributed by atoms with Crippen molar-refractivity contribution in [3.63, 3.8) is 0 Å². The van der Waals surface area contributed by atoms with Gasteiger partial charge in [-0.25, -0.2) is 4.98 Å². The second kappa shape index (κ2) is 9.25. The third kappa shape index (κ3) is 5.36. The molecule has 9 heteroatoms. The van der Waals surface area contributed by atoms with Gasteiger partial charge in [-0.3, -0.25) is 14.6 Å². The number of nitrogens with one attached hydrogen (secondary N) is 1. The molecule has 1 saturated heterocycles. The summed E-state index contributed by atoms with van der Waals surface area (Å²) in [6.07, 6.45) is 3.54. The molecular weight excluding hydrogens is 400 g/mol. The van der Waals surface area contributed by atoms with Gasteiger partial charge in [-0.1, -0.05) is 6.07 Å². The molecule has 2 aromatic rings. The number of carbonyl (C=O) groups excluding carboxylic acids is 1. The van der Waals surface area contributed by atoms with Crippen LogP contribution in [-0.4, -0.2) is 72.9 Å². The largest absolute Gasteiger partial charge is 0.454 e. The van der Waals surface area contributed by atoms with Crippen molar-refractivity contribution in [1.82, 2.24) is 20.1 Å². The van der Waals surface area contributed by atoms with Crippen LogP contribution in [0.2, 0.25) is 0 Å². The molecule has 0 radical (unpaired) electrons. The summed E-state index contributed by atoms with van der Waals surface area (Å²) in [5, 5.41) is 2.95. The average Bonchev–Trinajstić information content (AvgIpc) is 3.27. The first-order chi connectivity index (χ1) is 15.2. The first kappa shape index (κ1) is 20.3. The van der Waals surface area contributed by atoms with E-state index >= 15 is 0 Å². The lowest BCUT2D eigenvalue weighted by molar-refractivity contribution is 0.0320. The molecule has 2 fully saturated rings. The standard InChI is InChI=1S/C22H28N4O5/c27-22(23-17-2-3-17)18-14-29-21(24-18)13-26(6-5-25-7-9-28-10-8-25)12-16-1-4-19-20(11-16)31-15-30-19/h1,4,11,14,17H,2-3,5-10,12-13,15H2,(H,23,27). The quantitative estimate of drug-likeness (QED) is 0.645. The minimum atomic E-state index is -0.159. The summed E-state index contributed by atoms with van der Waals surface area (Å²) in [6.45, 7) is 6.74. The predicted molar refractivity (Wildman–Crippen MR) is 111 cm³/mol. The molecule has 166 valence electrons. The molecule has 0 atom stereocenters. The lowest BCUT2D eigenvalue weighted by atomic mass is 10.2. The number of ether oxygens (including phenoxy) is 3. The summed E-state index contributed by atoms with van der Waals surface area (Å²) in [7, 11) is 0. The van der Waals surface area contributed by atoms with Gasteiger partial charge in [-0.2, -0.15) is 0 Å². The molecule has 3 aliphatic rings. The van der Waals surface area contributed by atoms with Crippen molar-refractivity contribution in [2.24, 2.45) is 0 Å². The Kier molecular flexibility index (Phi) is 6.06. The van der Waals surface area contributed by atoms with Crippen LogP contribution < -0.4 is 14.8 Å². The molecule has 0 spiro atoms. The van der Waals surface area contributed by atoms with Crippen LogP contribution >= 0.6 is 0 Å². The number of morpholine rings is 1. The average molecular weight is 428 g/mol. The summed E-state index contributed by atoms with van der Waals surface area (Å²) in [4.78, 5) is 21.3. The zero-order chi connectivity index (χ0) is 21.0. The highest BCUT2D eigenvalue weighted by Gasteiger charge is 2.25. The minimum Gasteiger partial charge on any atom is -0.454 e. The number of fused-ring (bicyclic) bond motifs is 1. The van der Waals surface area contributed by atoms with Gasteiger partial charge in [0.25, 0.3) is 5.91 Å². The zero-order valence-corrected chi connectivity index (χ0v) is 17.5. The van der Waals surface area contributed by atoms with Gasteiger partial charge in [0.1, 0.15) is 6.26 Å². The Morgan fingerprint density at radius 3 is 2.84 bits per heavy atom. The molecule has 1 N–H and O–H groups in total. The maximum absolute atomic E-state index is 12.2. The topological polar surface area (TPSA) is 89.3 Å². The van der Waals surface area contributed by atoms with Gasteiger partial charge in [-0.05, 0) is 30.5 Å². The fraction of sp³-hybridized carbons (Fsp3) is 0.545. The Balaban J connectivity index is 1.25. The van der Waals surface area contributed by atoms with Crippen LogP contribution in [0.5, 0.6) is 11.5 Å². The Morgan fingerprint density at radius 2 is 2.00 bits per heavy atom. The Bertz CT molecular complexity index is 907. The smallest absolute Gasteiger partial charge is 0.273 e. The van der Waals surface area contributed by atoms with Gasteiger partial charge >= 0.3 is 0 Å². The molecule has 9 nitrogen and oxygen atoms in total. The van der Waals surface area contributed by atoms with Crippen molar-refractivity contribution >= 4 is 5.91 Å². The normalized spacial score (nSPS) is 18.5.